The molecule has 0 fully saturated rings. The van der Waals surface area contributed by atoms with Gasteiger partial charge in [-0.05, 0) is 25.7 Å². The predicted octanol–water partition coefficient (Wildman–Crippen LogP) is 3.11. The van der Waals surface area contributed by atoms with Crippen molar-refractivity contribution in [3.63, 3.8) is 0 Å². The highest BCUT2D eigenvalue weighted by Crippen LogP contribution is 2.43. The summed E-state index contributed by atoms with van der Waals surface area (Å²) in [4.78, 5) is 11.9. The molecule has 0 heterocycles. The van der Waals surface area contributed by atoms with Crippen molar-refractivity contribution in [3.05, 3.63) is 0 Å². The summed E-state index contributed by atoms with van der Waals surface area (Å²) >= 11 is 0. The zero-order valence-electron chi connectivity index (χ0n) is 12.9. The Morgan fingerprint density at radius 2 is 1.50 bits per heavy atom. The molecule has 0 saturated carbocycles. The second-order valence-corrected chi connectivity index (χ2v) is 7.60. The van der Waals surface area contributed by atoms with Gasteiger partial charge in [-0.2, -0.15) is 26.0 Å². The maximum atomic E-state index is 13.3. The quantitative estimate of drug-likeness (QED) is 0.433. The van der Waals surface area contributed by atoms with E-state index in [1.807, 2.05) is 0 Å². The average molecular weight is 352 g/mol. The molecule has 0 aliphatic rings. The molecule has 5 nitrogen and oxygen atoms in total. The van der Waals surface area contributed by atoms with E-state index in [2.05, 4.69) is 4.74 Å². The summed E-state index contributed by atoms with van der Waals surface area (Å²) in [6.45, 7) is 5.71. The van der Waals surface area contributed by atoms with E-state index in [1.165, 1.54) is 13.8 Å². The van der Waals surface area contributed by atoms with Gasteiger partial charge in [0.15, 0.2) is 6.61 Å². The maximum Gasteiger partial charge on any atom is 0.435 e. The minimum Gasteiger partial charge on any atom is -0.459 e. The zero-order chi connectivity index (χ0) is 18.2. The number of carbonyl (C=O) groups is 1. The van der Waals surface area contributed by atoms with Gasteiger partial charge in [0.25, 0.3) is 0 Å². The molecule has 0 radical (unpaired) electrons. The Morgan fingerprint density at radius 1 is 1.09 bits per heavy atom. The fraction of sp³-hybridized carbons (Fsp3) is 0.917. The highest BCUT2D eigenvalue weighted by molar-refractivity contribution is 7.87. The summed E-state index contributed by atoms with van der Waals surface area (Å²) in [5, 5.41) is -5.76. The highest BCUT2D eigenvalue weighted by atomic mass is 32.2. The molecule has 0 saturated heterocycles. The van der Waals surface area contributed by atoms with Crippen molar-refractivity contribution in [2.75, 3.05) is 6.61 Å². The van der Waals surface area contributed by atoms with Gasteiger partial charge in [0.05, 0.1) is 5.41 Å². The lowest BCUT2D eigenvalue weighted by atomic mass is 9.66. The summed E-state index contributed by atoms with van der Waals surface area (Å²) < 4.78 is 85.5. The van der Waals surface area contributed by atoms with Crippen molar-refractivity contribution < 1.29 is 40.1 Å². The lowest BCUT2D eigenvalue weighted by molar-refractivity contribution is -0.204. The van der Waals surface area contributed by atoms with Crippen LogP contribution in [0.3, 0.4) is 0 Å². The summed E-state index contributed by atoms with van der Waals surface area (Å²) in [5.41, 5.74) is -1.95. The standard InChI is InChI=1S/C12H20F4O5S/c1-6-9(2,3)10(4,5)8(17)21-7-11(13,14)12(15,16)22(18,19)20/h6-7H2,1-5H3,(H,18,19,20). The SMILES string of the molecule is CCC(C)(C)C(C)(C)C(=O)OCC(F)(F)C(F)(F)S(=O)(=O)O. The van der Waals surface area contributed by atoms with E-state index in [0.29, 0.717) is 6.42 Å². The monoisotopic (exact) mass is 352 g/mol. The number of halogens is 4. The third-order valence-electron chi connectivity index (χ3n) is 4.22. The van der Waals surface area contributed by atoms with Crippen LogP contribution >= 0.6 is 0 Å². The lowest BCUT2D eigenvalue weighted by Gasteiger charge is -2.39. The van der Waals surface area contributed by atoms with E-state index in [-0.39, 0.29) is 0 Å². The van der Waals surface area contributed by atoms with Crippen molar-refractivity contribution in [1.29, 1.82) is 0 Å². The van der Waals surface area contributed by atoms with Crippen molar-refractivity contribution in [2.24, 2.45) is 10.8 Å². The summed E-state index contributed by atoms with van der Waals surface area (Å²) in [5.74, 6) is -6.44. The van der Waals surface area contributed by atoms with Gasteiger partial charge in [-0.15, -0.1) is 0 Å². The summed E-state index contributed by atoms with van der Waals surface area (Å²) in [6, 6.07) is 0. The molecular formula is C12H20F4O5S. The molecule has 0 rings (SSSR count). The van der Waals surface area contributed by atoms with Crippen LogP contribution in [0.2, 0.25) is 0 Å². The van der Waals surface area contributed by atoms with Gasteiger partial charge in [0.1, 0.15) is 0 Å². The van der Waals surface area contributed by atoms with Gasteiger partial charge in [0.2, 0.25) is 0 Å². The molecule has 132 valence electrons. The normalized spacial score (nSPS) is 14.8. The Hall–Kier alpha value is -0.900. The third kappa shape index (κ3) is 3.70. The first-order valence-electron chi connectivity index (χ1n) is 6.34. The molecule has 0 atom stereocenters. The number of esters is 1. The molecule has 0 aliphatic carbocycles. The topological polar surface area (TPSA) is 80.7 Å². The highest BCUT2D eigenvalue weighted by Gasteiger charge is 2.66. The minimum atomic E-state index is -6.35. The molecule has 0 aliphatic heterocycles. The van der Waals surface area contributed by atoms with Crippen LogP contribution in [0.4, 0.5) is 17.6 Å². The Labute approximate surface area is 126 Å². The van der Waals surface area contributed by atoms with Crippen LogP contribution in [0.25, 0.3) is 0 Å². The molecule has 0 aromatic rings. The van der Waals surface area contributed by atoms with Crippen LogP contribution in [0.1, 0.15) is 41.0 Å². The van der Waals surface area contributed by atoms with Crippen LogP contribution in [-0.2, 0) is 19.6 Å². The van der Waals surface area contributed by atoms with Gasteiger partial charge in [0, 0.05) is 0 Å². The van der Waals surface area contributed by atoms with Gasteiger partial charge < -0.3 is 4.74 Å². The Kier molecular flexibility index (Phi) is 5.71. The molecule has 0 spiro atoms. The first-order valence-corrected chi connectivity index (χ1v) is 7.78. The second-order valence-electron chi connectivity index (χ2n) is 6.13. The van der Waals surface area contributed by atoms with Crippen LogP contribution < -0.4 is 0 Å². The van der Waals surface area contributed by atoms with Gasteiger partial charge in [-0.1, -0.05) is 20.8 Å². The van der Waals surface area contributed by atoms with Crippen molar-refractivity contribution in [3.8, 4) is 0 Å². The Morgan fingerprint density at radius 3 is 1.82 bits per heavy atom. The Bertz CT molecular complexity index is 526. The molecule has 0 amide bonds. The molecule has 0 aromatic heterocycles. The number of hydrogen-bond acceptors (Lipinski definition) is 4. The van der Waals surface area contributed by atoms with Crippen LogP contribution in [-0.4, -0.2) is 36.7 Å². The van der Waals surface area contributed by atoms with E-state index in [0.717, 1.165) is 0 Å². The number of alkyl halides is 4. The molecular weight excluding hydrogens is 332 g/mol. The fourth-order valence-electron chi connectivity index (χ4n) is 1.33. The number of hydrogen-bond donors (Lipinski definition) is 1. The first-order chi connectivity index (χ1) is 9.44. The van der Waals surface area contributed by atoms with E-state index in [4.69, 9.17) is 4.55 Å². The largest absolute Gasteiger partial charge is 0.459 e. The molecule has 10 heteroatoms. The number of carbonyl (C=O) groups excluding carboxylic acids is 1. The first kappa shape index (κ1) is 21.1. The van der Waals surface area contributed by atoms with E-state index < -0.39 is 44.7 Å². The van der Waals surface area contributed by atoms with Gasteiger partial charge in [-0.25, -0.2) is 0 Å². The maximum absolute atomic E-state index is 13.3. The summed E-state index contributed by atoms with van der Waals surface area (Å²) in [7, 11) is -6.35. The van der Waals surface area contributed by atoms with E-state index in [9.17, 15) is 30.8 Å². The fourth-order valence-corrected chi connectivity index (χ4v) is 1.76. The van der Waals surface area contributed by atoms with Crippen molar-refractivity contribution in [2.45, 2.75) is 52.2 Å². The second kappa shape index (κ2) is 5.95. The zero-order valence-corrected chi connectivity index (χ0v) is 13.7. The Balaban J connectivity index is 5.21. The smallest absolute Gasteiger partial charge is 0.435 e. The molecule has 0 unspecified atom stereocenters. The van der Waals surface area contributed by atoms with E-state index in [1.54, 1.807) is 20.8 Å². The summed E-state index contributed by atoms with van der Waals surface area (Å²) in [6.07, 6.45) is 0.479. The van der Waals surface area contributed by atoms with Crippen LogP contribution in [0.5, 0.6) is 0 Å². The van der Waals surface area contributed by atoms with E-state index >= 15 is 0 Å². The minimum absolute atomic E-state index is 0.479. The number of rotatable bonds is 7. The molecule has 22 heavy (non-hydrogen) atoms. The third-order valence-corrected chi connectivity index (χ3v) is 5.17. The molecule has 0 bridgehead atoms. The average Bonchev–Trinajstić information content (AvgIpc) is 2.33. The number of ether oxygens (including phenoxy) is 1. The predicted molar refractivity (Wildman–Crippen MR) is 70.3 cm³/mol. The van der Waals surface area contributed by atoms with Gasteiger partial charge >= 0.3 is 27.3 Å². The van der Waals surface area contributed by atoms with Crippen LogP contribution in [0.15, 0.2) is 0 Å². The molecule has 0 aromatic carbocycles. The van der Waals surface area contributed by atoms with Crippen molar-refractivity contribution in [1.82, 2.24) is 0 Å². The van der Waals surface area contributed by atoms with Crippen molar-refractivity contribution >= 4 is 16.1 Å². The van der Waals surface area contributed by atoms with Crippen LogP contribution in [0, 0.1) is 10.8 Å². The van der Waals surface area contributed by atoms with Gasteiger partial charge in [-0.3, -0.25) is 9.35 Å². The molecule has 1 N–H and O–H groups in total. The lowest BCUT2D eigenvalue weighted by Crippen LogP contribution is -2.51.